The number of carbonyl (C=O) groups is 2. The largest absolute Gasteiger partial charge is 0.484 e. The minimum absolute atomic E-state index is 0.184. The summed E-state index contributed by atoms with van der Waals surface area (Å²) in [6, 6.07) is 10.6. The molecular formula is C15H15N3O3. The van der Waals surface area contributed by atoms with Crippen LogP contribution in [0.3, 0.4) is 0 Å². The zero-order valence-electron chi connectivity index (χ0n) is 11.5. The third kappa shape index (κ3) is 4.61. The van der Waals surface area contributed by atoms with Crippen molar-refractivity contribution in [1.29, 1.82) is 0 Å². The monoisotopic (exact) mass is 285 g/mol. The summed E-state index contributed by atoms with van der Waals surface area (Å²) in [6.45, 7) is 1.75. The van der Waals surface area contributed by atoms with Crippen LogP contribution in [0.25, 0.3) is 0 Å². The fourth-order valence-electron chi connectivity index (χ4n) is 1.59. The van der Waals surface area contributed by atoms with Crippen LogP contribution in [-0.2, 0) is 4.79 Å². The zero-order valence-corrected chi connectivity index (χ0v) is 11.5. The van der Waals surface area contributed by atoms with Crippen LogP contribution in [0.5, 0.6) is 5.75 Å². The molecule has 1 aromatic heterocycles. The Balaban J connectivity index is 1.76. The molecule has 6 nitrogen and oxygen atoms in total. The van der Waals surface area contributed by atoms with Gasteiger partial charge in [-0.25, -0.2) is 0 Å². The Hall–Kier alpha value is -2.89. The number of nitrogens with zero attached hydrogens (tertiary/aromatic N) is 1. The van der Waals surface area contributed by atoms with Crippen LogP contribution in [0.2, 0.25) is 0 Å². The minimum atomic E-state index is -0.450. The quantitative estimate of drug-likeness (QED) is 0.828. The molecule has 0 unspecified atom stereocenters. The molecule has 2 aromatic rings. The molecule has 0 radical (unpaired) electrons. The van der Waals surface area contributed by atoms with Crippen molar-refractivity contribution in [2.24, 2.45) is 0 Å². The molecule has 0 saturated carbocycles. The molecule has 6 heteroatoms. The van der Waals surface area contributed by atoms with Crippen LogP contribution in [-0.4, -0.2) is 23.4 Å². The zero-order chi connectivity index (χ0) is 15.1. The number of ether oxygens (including phenoxy) is 1. The summed E-state index contributed by atoms with van der Waals surface area (Å²) in [5, 5.41) is 0. The van der Waals surface area contributed by atoms with Crippen molar-refractivity contribution >= 4 is 11.8 Å². The van der Waals surface area contributed by atoms with Gasteiger partial charge in [-0.1, -0.05) is 12.1 Å². The van der Waals surface area contributed by atoms with Crippen molar-refractivity contribution in [3.8, 4) is 5.75 Å². The third-order valence-corrected chi connectivity index (χ3v) is 2.60. The summed E-state index contributed by atoms with van der Waals surface area (Å²) in [6.07, 6.45) is 2.97. The van der Waals surface area contributed by atoms with Gasteiger partial charge in [0.25, 0.3) is 11.8 Å². The van der Waals surface area contributed by atoms with Gasteiger partial charge in [0.15, 0.2) is 6.61 Å². The predicted molar refractivity (Wildman–Crippen MR) is 76.5 cm³/mol. The van der Waals surface area contributed by atoms with Crippen LogP contribution in [0.4, 0.5) is 0 Å². The average Bonchev–Trinajstić information content (AvgIpc) is 2.51. The molecule has 0 aliphatic heterocycles. The number of aryl methyl sites for hydroxylation is 1. The Morgan fingerprint density at radius 3 is 2.76 bits per heavy atom. The molecule has 108 valence electrons. The summed E-state index contributed by atoms with van der Waals surface area (Å²) < 4.78 is 5.31. The summed E-state index contributed by atoms with van der Waals surface area (Å²) in [7, 11) is 0. The Kier molecular flexibility index (Phi) is 4.87. The lowest BCUT2D eigenvalue weighted by Crippen LogP contribution is -2.43. The predicted octanol–water partition coefficient (Wildman–Crippen LogP) is 1.23. The van der Waals surface area contributed by atoms with E-state index in [1.54, 1.807) is 24.4 Å². The van der Waals surface area contributed by atoms with Crippen molar-refractivity contribution < 1.29 is 14.3 Å². The Morgan fingerprint density at radius 1 is 1.19 bits per heavy atom. The first-order chi connectivity index (χ1) is 10.1. The molecule has 1 aromatic carbocycles. The highest BCUT2D eigenvalue weighted by atomic mass is 16.5. The summed E-state index contributed by atoms with van der Waals surface area (Å²) in [5.41, 5.74) is 5.96. The molecule has 2 amide bonds. The molecule has 0 aliphatic carbocycles. The van der Waals surface area contributed by atoms with Crippen molar-refractivity contribution in [3.63, 3.8) is 0 Å². The third-order valence-electron chi connectivity index (χ3n) is 2.60. The van der Waals surface area contributed by atoms with Gasteiger partial charge in [0.1, 0.15) is 5.75 Å². The van der Waals surface area contributed by atoms with Gasteiger partial charge >= 0.3 is 0 Å². The van der Waals surface area contributed by atoms with Crippen molar-refractivity contribution in [2.45, 2.75) is 6.92 Å². The highest BCUT2D eigenvalue weighted by Gasteiger charge is 2.07. The van der Waals surface area contributed by atoms with Crippen LogP contribution >= 0.6 is 0 Å². The van der Waals surface area contributed by atoms with E-state index in [2.05, 4.69) is 15.8 Å². The Labute approximate surface area is 122 Å². The van der Waals surface area contributed by atoms with E-state index in [4.69, 9.17) is 4.74 Å². The lowest BCUT2D eigenvalue weighted by atomic mass is 10.2. The molecule has 1 heterocycles. The molecule has 0 fully saturated rings. The first kappa shape index (κ1) is 14.5. The molecule has 0 bridgehead atoms. The van der Waals surface area contributed by atoms with E-state index in [9.17, 15) is 9.59 Å². The van der Waals surface area contributed by atoms with Crippen LogP contribution in [0, 0.1) is 6.92 Å². The van der Waals surface area contributed by atoms with Crippen LogP contribution in [0.1, 0.15) is 15.9 Å². The van der Waals surface area contributed by atoms with E-state index < -0.39 is 11.8 Å². The maximum absolute atomic E-state index is 11.7. The Bertz CT molecular complexity index is 629. The number of nitrogens with one attached hydrogen (secondary N) is 2. The maximum Gasteiger partial charge on any atom is 0.276 e. The second-order valence-corrected chi connectivity index (χ2v) is 4.35. The molecule has 0 saturated heterocycles. The van der Waals surface area contributed by atoms with E-state index >= 15 is 0 Å². The number of amides is 2. The second-order valence-electron chi connectivity index (χ2n) is 4.35. The number of pyridine rings is 1. The van der Waals surface area contributed by atoms with Gasteiger partial charge in [0.05, 0.1) is 5.56 Å². The van der Waals surface area contributed by atoms with Gasteiger partial charge in [0, 0.05) is 12.4 Å². The van der Waals surface area contributed by atoms with E-state index in [1.165, 1.54) is 6.20 Å². The standard InChI is InChI=1S/C15H15N3O3/c1-11-4-2-6-13(8-11)21-10-14(19)17-18-15(20)12-5-3-7-16-9-12/h2-9H,10H2,1H3,(H,17,19)(H,18,20). The van der Waals surface area contributed by atoms with Gasteiger partial charge in [-0.2, -0.15) is 0 Å². The fraction of sp³-hybridized carbons (Fsp3) is 0.133. The normalized spacial score (nSPS) is 9.76. The first-order valence-electron chi connectivity index (χ1n) is 6.34. The number of benzene rings is 1. The summed E-state index contributed by atoms with van der Waals surface area (Å²) >= 11 is 0. The van der Waals surface area contributed by atoms with Gasteiger partial charge in [-0.15, -0.1) is 0 Å². The molecule has 0 aliphatic rings. The highest BCUT2D eigenvalue weighted by Crippen LogP contribution is 2.11. The number of carbonyl (C=O) groups excluding carboxylic acids is 2. The number of hydrogen-bond donors (Lipinski definition) is 2. The van der Waals surface area contributed by atoms with Crippen molar-refractivity contribution in [3.05, 3.63) is 59.9 Å². The average molecular weight is 285 g/mol. The minimum Gasteiger partial charge on any atom is -0.484 e. The van der Waals surface area contributed by atoms with E-state index in [-0.39, 0.29) is 6.61 Å². The SMILES string of the molecule is Cc1cccc(OCC(=O)NNC(=O)c2cccnc2)c1. The van der Waals surface area contributed by atoms with Crippen molar-refractivity contribution in [1.82, 2.24) is 15.8 Å². The van der Waals surface area contributed by atoms with Gasteiger partial charge in [-0.3, -0.25) is 25.4 Å². The first-order valence-corrected chi connectivity index (χ1v) is 6.34. The highest BCUT2D eigenvalue weighted by molar-refractivity contribution is 5.95. The fourth-order valence-corrected chi connectivity index (χ4v) is 1.59. The van der Waals surface area contributed by atoms with Crippen molar-refractivity contribution in [2.75, 3.05) is 6.61 Å². The number of hydrogen-bond acceptors (Lipinski definition) is 4. The second kappa shape index (κ2) is 7.04. The van der Waals surface area contributed by atoms with Crippen LogP contribution in [0.15, 0.2) is 48.8 Å². The number of aromatic nitrogens is 1. The van der Waals surface area contributed by atoms with Gasteiger partial charge in [0.2, 0.25) is 0 Å². The van der Waals surface area contributed by atoms with Crippen LogP contribution < -0.4 is 15.6 Å². The smallest absolute Gasteiger partial charge is 0.276 e. The molecular weight excluding hydrogens is 270 g/mol. The van der Waals surface area contributed by atoms with Gasteiger partial charge in [-0.05, 0) is 36.8 Å². The maximum atomic E-state index is 11.7. The van der Waals surface area contributed by atoms with E-state index in [0.717, 1.165) is 5.56 Å². The molecule has 0 spiro atoms. The lowest BCUT2D eigenvalue weighted by Gasteiger charge is -2.09. The molecule has 2 N–H and O–H groups in total. The van der Waals surface area contributed by atoms with E-state index in [0.29, 0.717) is 11.3 Å². The lowest BCUT2D eigenvalue weighted by molar-refractivity contribution is -0.123. The molecule has 0 atom stereocenters. The number of rotatable bonds is 4. The Morgan fingerprint density at radius 2 is 2.05 bits per heavy atom. The number of hydrazine groups is 1. The molecule has 21 heavy (non-hydrogen) atoms. The molecule has 2 rings (SSSR count). The van der Waals surface area contributed by atoms with Gasteiger partial charge < -0.3 is 4.74 Å². The van der Waals surface area contributed by atoms with E-state index in [1.807, 2.05) is 25.1 Å². The summed E-state index contributed by atoms with van der Waals surface area (Å²) in [4.78, 5) is 27.1. The summed E-state index contributed by atoms with van der Waals surface area (Å²) in [5.74, 6) is -0.288. The topological polar surface area (TPSA) is 80.3 Å².